The number of halogens is 1. The fourth-order valence-corrected chi connectivity index (χ4v) is 4.34. The van der Waals surface area contributed by atoms with Crippen LogP contribution in [0.2, 0.25) is 0 Å². The number of nitrogens with zero attached hydrogens (tertiary/aromatic N) is 1. The molecule has 39 heavy (non-hydrogen) atoms. The van der Waals surface area contributed by atoms with E-state index in [0.29, 0.717) is 49.2 Å². The molecule has 10 nitrogen and oxygen atoms in total. The first-order valence-corrected chi connectivity index (χ1v) is 12.9. The van der Waals surface area contributed by atoms with Gasteiger partial charge in [-0.05, 0) is 60.2 Å². The second-order valence-corrected chi connectivity index (χ2v) is 9.19. The van der Waals surface area contributed by atoms with Crippen LogP contribution in [0.15, 0.2) is 57.2 Å². The molecule has 1 aliphatic rings. The summed E-state index contributed by atoms with van der Waals surface area (Å²) in [6.07, 6.45) is 6.69. The van der Waals surface area contributed by atoms with E-state index in [-0.39, 0.29) is 19.8 Å². The van der Waals surface area contributed by atoms with E-state index in [1.807, 2.05) is 0 Å². The molecule has 1 heterocycles. The molecule has 0 saturated heterocycles. The number of ether oxygens (including phenoxy) is 4. The minimum Gasteiger partial charge on any atom is -0.493 e. The van der Waals surface area contributed by atoms with Crippen LogP contribution in [-0.4, -0.2) is 50.1 Å². The van der Waals surface area contributed by atoms with Crippen molar-refractivity contribution in [3.8, 4) is 29.6 Å². The average Bonchev–Trinajstić information content (AvgIpc) is 2.91. The van der Waals surface area contributed by atoms with Crippen molar-refractivity contribution in [3.63, 3.8) is 0 Å². The lowest BCUT2D eigenvalue weighted by Crippen LogP contribution is -2.45. The standard InChI is InChI=1S/C27H27BrN4O6S/c1-5-11-37-22-13-19(28)17(12-21(22)35-4)14-29-32-23(33)15-38-20-10-8-7-9-18(20)25-24(26(34)36-6-2)16(3)30-27(39)31-25/h1,7-10,12-14,25H,6,11,15H2,2-4H3,(H,32,33)(H2,30,31,39)/t25-/m1/s1. The van der Waals surface area contributed by atoms with Gasteiger partial charge < -0.3 is 29.6 Å². The van der Waals surface area contributed by atoms with Crippen molar-refractivity contribution in [3.05, 3.63) is 63.3 Å². The van der Waals surface area contributed by atoms with Crippen molar-refractivity contribution in [2.24, 2.45) is 5.10 Å². The lowest BCUT2D eigenvalue weighted by atomic mass is 9.95. The molecule has 2 aromatic carbocycles. The predicted octanol–water partition coefficient (Wildman–Crippen LogP) is 3.35. The monoisotopic (exact) mass is 614 g/mol. The molecule has 3 rings (SSSR count). The van der Waals surface area contributed by atoms with Gasteiger partial charge in [0.15, 0.2) is 23.2 Å². The summed E-state index contributed by atoms with van der Waals surface area (Å²) in [4.78, 5) is 25.2. The van der Waals surface area contributed by atoms with Crippen LogP contribution in [0.4, 0.5) is 0 Å². The fourth-order valence-electron chi connectivity index (χ4n) is 3.65. The van der Waals surface area contributed by atoms with E-state index >= 15 is 0 Å². The summed E-state index contributed by atoms with van der Waals surface area (Å²) in [6.45, 7) is 3.46. The highest BCUT2D eigenvalue weighted by molar-refractivity contribution is 9.10. The molecule has 1 atom stereocenters. The third kappa shape index (κ3) is 7.72. The molecule has 0 unspecified atom stereocenters. The summed E-state index contributed by atoms with van der Waals surface area (Å²) < 4.78 is 22.5. The van der Waals surface area contributed by atoms with E-state index < -0.39 is 17.9 Å². The SMILES string of the molecule is C#CCOc1cc(Br)c(C=NNC(=O)COc2ccccc2[C@H]2NC(=S)NC(C)=C2C(=O)OCC)cc1OC. The van der Waals surface area contributed by atoms with Gasteiger partial charge in [0, 0.05) is 21.3 Å². The second kappa shape index (κ2) is 14.2. The molecule has 12 heteroatoms. The van der Waals surface area contributed by atoms with Crippen molar-refractivity contribution < 1.29 is 28.5 Å². The first-order chi connectivity index (χ1) is 18.8. The van der Waals surface area contributed by atoms with Gasteiger partial charge in [-0.1, -0.05) is 24.1 Å². The number of benzene rings is 2. The van der Waals surface area contributed by atoms with Gasteiger partial charge in [-0.25, -0.2) is 10.2 Å². The minimum atomic E-state index is -0.630. The van der Waals surface area contributed by atoms with Crippen molar-refractivity contribution in [1.29, 1.82) is 0 Å². The largest absolute Gasteiger partial charge is 0.493 e. The van der Waals surface area contributed by atoms with E-state index in [2.05, 4.69) is 43.0 Å². The number of allylic oxidation sites excluding steroid dienone is 1. The van der Waals surface area contributed by atoms with Crippen molar-refractivity contribution in [2.45, 2.75) is 19.9 Å². The minimum absolute atomic E-state index is 0.0931. The number of hydrogen-bond acceptors (Lipinski definition) is 8. The molecule has 0 radical (unpaired) electrons. The highest BCUT2D eigenvalue weighted by atomic mass is 79.9. The molecule has 0 spiro atoms. The summed E-state index contributed by atoms with van der Waals surface area (Å²) in [7, 11) is 1.50. The van der Waals surface area contributed by atoms with Crippen molar-refractivity contribution >= 4 is 51.4 Å². The maximum Gasteiger partial charge on any atom is 0.338 e. The highest BCUT2D eigenvalue weighted by Gasteiger charge is 2.32. The van der Waals surface area contributed by atoms with E-state index in [1.165, 1.54) is 13.3 Å². The molecule has 0 aliphatic carbocycles. The smallest absolute Gasteiger partial charge is 0.338 e. The number of amides is 1. The molecule has 0 bridgehead atoms. The number of terminal acetylenes is 1. The summed E-state index contributed by atoms with van der Waals surface area (Å²) >= 11 is 8.73. The number of rotatable bonds is 11. The molecular formula is C27H27BrN4O6S. The van der Waals surface area contributed by atoms with Crippen LogP contribution in [-0.2, 0) is 14.3 Å². The average molecular weight is 616 g/mol. The van der Waals surface area contributed by atoms with E-state index in [4.69, 9.17) is 37.6 Å². The Morgan fingerprint density at radius 2 is 2.00 bits per heavy atom. The molecule has 0 fully saturated rings. The zero-order chi connectivity index (χ0) is 28.4. The number of carbonyl (C=O) groups is 2. The van der Waals surface area contributed by atoms with Crippen molar-refractivity contribution in [2.75, 3.05) is 26.9 Å². The molecule has 0 saturated carbocycles. The fraction of sp³-hybridized carbons (Fsp3) is 0.259. The molecule has 3 N–H and O–H groups in total. The molecular weight excluding hydrogens is 588 g/mol. The lowest BCUT2D eigenvalue weighted by molar-refractivity contribution is -0.139. The number of thiocarbonyl (C=S) groups is 1. The predicted molar refractivity (Wildman–Crippen MR) is 154 cm³/mol. The second-order valence-electron chi connectivity index (χ2n) is 7.93. The Morgan fingerprint density at radius 3 is 2.72 bits per heavy atom. The number of para-hydroxylation sites is 1. The highest BCUT2D eigenvalue weighted by Crippen LogP contribution is 2.34. The van der Waals surface area contributed by atoms with Gasteiger partial charge in [-0.3, -0.25) is 4.79 Å². The number of hydrogen-bond donors (Lipinski definition) is 3. The number of nitrogens with one attached hydrogen (secondary N) is 3. The van der Waals surface area contributed by atoms with Crippen molar-refractivity contribution in [1.82, 2.24) is 16.1 Å². The third-order valence-corrected chi connectivity index (χ3v) is 6.25. The van der Waals surface area contributed by atoms with E-state index in [1.54, 1.807) is 50.2 Å². The topological polar surface area (TPSA) is 120 Å². The van der Waals surface area contributed by atoms with Crippen LogP contribution in [0.25, 0.3) is 0 Å². The zero-order valence-electron chi connectivity index (χ0n) is 21.5. The number of methoxy groups -OCH3 is 1. The quantitative estimate of drug-likeness (QED) is 0.115. The van der Waals surface area contributed by atoms with E-state index in [9.17, 15) is 9.59 Å². The van der Waals surface area contributed by atoms with Crippen LogP contribution in [0.5, 0.6) is 17.2 Å². The van der Waals surface area contributed by atoms with E-state index in [0.717, 1.165) is 0 Å². The van der Waals surface area contributed by atoms with Crippen LogP contribution in [0.1, 0.15) is 31.0 Å². The van der Waals surface area contributed by atoms with Gasteiger partial charge >= 0.3 is 5.97 Å². The Bertz CT molecular complexity index is 1350. The maximum absolute atomic E-state index is 12.7. The van der Waals surface area contributed by atoms with Gasteiger partial charge in [0.25, 0.3) is 5.91 Å². The first-order valence-electron chi connectivity index (χ1n) is 11.7. The summed E-state index contributed by atoms with van der Waals surface area (Å²) in [5.74, 6) is 2.73. The van der Waals surface area contributed by atoms with Gasteiger partial charge in [-0.15, -0.1) is 6.42 Å². The van der Waals surface area contributed by atoms with Gasteiger partial charge in [-0.2, -0.15) is 5.10 Å². The maximum atomic E-state index is 12.7. The Kier molecular flexibility index (Phi) is 10.7. The molecule has 1 amide bonds. The summed E-state index contributed by atoms with van der Waals surface area (Å²) in [5.41, 5.74) is 4.61. The normalized spacial score (nSPS) is 14.6. The third-order valence-electron chi connectivity index (χ3n) is 5.34. The number of carbonyl (C=O) groups excluding carboxylic acids is 2. The van der Waals surface area contributed by atoms with Crippen LogP contribution >= 0.6 is 28.1 Å². The Labute approximate surface area is 240 Å². The van der Waals surface area contributed by atoms with Gasteiger partial charge in [0.05, 0.1) is 31.5 Å². The molecule has 1 aliphatic heterocycles. The summed E-state index contributed by atoms with van der Waals surface area (Å²) in [6, 6.07) is 9.79. The van der Waals surface area contributed by atoms with Gasteiger partial charge in [0.1, 0.15) is 12.4 Å². The Morgan fingerprint density at radius 1 is 1.23 bits per heavy atom. The summed E-state index contributed by atoms with van der Waals surface area (Å²) in [5, 5.41) is 10.4. The van der Waals surface area contributed by atoms with Gasteiger partial charge in [0.2, 0.25) is 0 Å². The number of esters is 1. The zero-order valence-corrected chi connectivity index (χ0v) is 23.9. The van der Waals surface area contributed by atoms with Crippen LogP contribution in [0, 0.1) is 12.3 Å². The molecule has 2 aromatic rings. The Hall–Kier alpha value is -4.08. The molecule has 204 valence electrons. The lowest BCUT2D eigenvalue weighted by Gasteiger charge is -2.30. The van der Waals surface area contributed by atoms with Crippen LogP contribution in [0.3, 0.4) is 0 Å². The first kappa shape index (κ1) is 29.5. The van der Waals surface area contributed by atoms with Crippen LogP contribution < -0.4 is 30.3 Å². The molecule has 0 aromatic heterocycles. The Balaban J connectivity index is 1.70. The number of hydrazone groups is 1.